The van der Waals surface area contributed by atoms with Crippen LogP contribution in [0.1, 0.15) is 55.7 Å². The van der Waals surface area contributed by atoms with Crippen molar-refractivity contribution >= 4 is 11.4 Å². The van der Waals surface area contributed by atoms with Gasteiger partial charge in [-0.15, -0.1) is 0 Å². The molecule has 0 aliphatic heterocycles. The Bertz CT molecular complexity index is 897. The molecule has 0 radical (unpaired) electrons. The molecular formula is C22H22O. The average molecular weight is 302 g/mol. The Morgan fingerprint density at radius 1 is 0.696 bits per heavy atom. The number of rotatable bonds is 0. The monoisotopic (exact) mass is 302 g/mol. The van der Waals surface area contributed by atoms with Gasteiger partial charge in [0.2, 0.25) is 0 Å². The van der Waals surface area contributed by atoms with Crippen LogP contribution in [-0.2, 0) is 12.8 Å². The molecule has 0 spiro atoms. The SMILES string of the molecule is Cc1cc(C)c2c(c1)C(=O)/C(=C1\CCc3c(C)cc(C)cc31)C2. The first-order valence-corrected chi connectivity index (χ1v) is 8.43. The Morgan fingerprint density at radius 3 is 2.00 bits per heavy atom. The fraction of sp³-hybridized carbons (Fsp3) is 0.318. The van der Waals surface area contributed by atoms with E-state index in [0.29, 0.717) is 0 Å². The Labute approximate surface area is 138 Å². The normalized spacial score (nSPS) is 19.2. The van der Waals surface area contributed by atoms with Crippen LogP contribution >= 0.6 is 0 Å². The van der Waals surface area contributed by atoms with Crippen molar-refractivity contribution in [1.82, 2.24) is 0 Å². The molecule has 0 amide bonds. The molecule has 0 N–H and O–H groups in total. The van der Waals surface area contributed by atoms with Gasteiger partial charge in [0.15, 0.2) is 5.78 Å². The van der Waals surface area contributed by atoms with Crippen LogP contribution in [0.15, 0.2) is 29.8 Å². The van der Waals surface area contributed by atoms with Crippen LogP contribution in [-0.4, -0.2) is 5.78 Å². The van der Waals surface area contributed by atoms with Gasteiger partial charge in [0, 0.05) is 17.6 Å². The van der Waals surface area contributed by atoms with Crippen molar-refractivity contribution < 1.29 is 4.79 Å². The van der Waals surface area contributed by atoms with Crippen molar-refractivity contribution in [2.45, 2.75) is 47.0 Å². The van der Waals surface area contributed by atoms with Crippen LogP contribution in [0.5, 0.6) is 0 Å². The Hall–Kier alpha value is -2.15. The topological polar surface area (TPSA) is 17.1 Å². The zero-order valence-electron chi connectivity index (χ0n) is 14.3. The lowest BCUT2D eigenvalue weighted by molar-refractivity contribution is 0.104. The number of ketones is 1. The van der Waals surface area contributed by atoms with Crippen LogP contribution < -0.4 is 0 Å². The molecule has 2 aromatic rings. The Kier molecular flexibility index (Phi) is 3.09. The third-order valence-electron chi connectivity index (χ3n) is 5.42. The highest BCUT2D eigenvalue weighted by molar-refractivity contribution is 6.17. The molecule has 2 aliphatic carbocycles. The van der Waals surface area contributed by atoms with Gasteiger partial charge in [-0.25, -0.2) is 0 Å². The molecule has 23 heavy (non-hydrogen) atoms. The van der Waals surface area contributed by atoms with Gasteiger partial charge in [-0.3, -0.25) is 4.79 Å². The van der Waals surface area contributed by atoms with Crippen molar-refractivity contribution in [2.24, 2.45) is 0 Å². The minimum Gasteiger partial charge on any atom is -0.289 e. The van der Waals surface area contributed by atoms with E-state index in [4.69, 9.17) is 0 Å². The van der Waals surface area contributed by atoms with E-state index >= 15 is 0 Å². The van der Waals surface area contributed by atoms with Crippen molar-refractivity contribution in [3.8, 4) is 0 Å². The summed E-state index contributed by atoms with van der Waals surface area (Å²) in [6.45, 7) is 8.54. The van der Waals surface area contributed by atoms with Crippen molar-refractivity contribution in [2.75, 3.05) is 0 Å². The highest BCUT2D eigenvalue weighted by Gasteiger charge is 2.32. The van der Waals surface area contributed by atoms with Gasteiger partial charge in [0.1, 0.15) is 0 Å². The fourth-order valence-corrected chi connectivity index (χ4v) is 4.39. The number of benzene rings is 2. The van der Waals surface area contributed by atoms with Gasteiger partial charge < -0.3 is 0 Å². The molecule has 0 bridgehead atoms. The van der Waals surface area contributed by atoms with Gasteiger partial charge in [-0.2, -0.15) is 0 Å². The summed E-state index contributed by atoms with van der Waals surface area (Å²) in [6, 6.07) is 8.78. The van der Waals surface area contributed by atoms with E-state index in [1.54, 1.807) is 0 Å². The van der Waals surface area contributed by atoms with E-state index < -0.39 is 0 Å². The van der Waals surface area contributed by atoms with Crippen LogP contribution in [0, 0.1) is 27.7 Å². The molecule has 0 atom stereocenters. The Balaban J connectivity index is 1.90. The summed E-state index contributed by atoms with van der Waals surface area (Å²) < 4.78 is 0. The van der Waals surface area contributed by atoms with Crippen molar-refractivity contribution in [3.05, 3.63) is 74.3 Å². The highest BCUT2D eigenvalue weighted by atomic mass is 16.1. The predicted octanol–water partition coefficient (Wildman–Crippen LogP) is 5.06. The summed E-state index contributed by atoms with van der Waals surface area (Å²) in [7, 11) is 0. The molecule has 1 nitrogen and oxygen atoms in total. The number of carbonyl (C=O) groups excluding carboxylic acids is 1. The maximum absolute atomic E-state index is 13.0. The molecule has 0 saturated heterocycles. The molecule has 2 aliphatic rings. The highest BCUT2D eigenvalue weighted by Crippen LogP contribution is 2.41. The number of fused-ring (bicyclic) bond motifs is 2. The lowest BCUT2D eigenvalue weighted by atomic mass is 9.95. The van der Waals surface area contributed by atoms with Crippen molar-refractivity contribution in [1.29, 1.82) is 0 Å². The molecule has 0 aromatic heterocycles. The number of carbonyl (C=O) groups is 1. The van der Waals surface area contributed by atoms with Crippen LogP contribution in [0.3, 0.4) is 0 Å². The summed E-state index contributed by atoms with van der Waals surface area (Å²) in [5, 5.41) is 0. The third kappa shape index (κ3) is 2.10. The van der Waals surface area contributed by atoms with Gasteiger partial charge in [-0.05, 0) is 80.0 Å². The van der Waals surface area contributed by atoms with Crippen LogP contribution in [0.4, 0.5) is 0 Å². The van der Waals surface area contributed by atoms with E-state index in [0.717, 1.165) is 30.4 Å². The largest absolute Gasteiger partial charge is 0.289 e. The molecule has 0 saturated carbocycles. The van der Waals surface area contributed by atoms with E-state index in [-0.39, 0.29) is 5.78 Å². The second-order valence-corrected chi connectivity index (χ2v) is 7.18. The minimum absolute atomic E-state index is 0.258. The minimum atomic E-state index is 0.258. The summed E-state index contributed by atoms with van der Waals surface area (Å²) in [5.74, 6) is 0.258. The summed E-state index contributed by atoms with van der Waals surface area (Å²) in [5.41, 5.74) is 12.4. The molecule has 4 rings (SSSR count). The lowest BCUT2D eigenvalue weighted by Gasteiger charge is -2.08. The molecule has 0 unspecified atom stereocenters. The van der Waals surface area contributed by atoms with E-state index in [1.165, 1.54) is 44.5 Å². The molecule has 1 heteroatoms. The molecule has 0 heterocycles. The molecular weight excluding hydrogens is 280 g/mol. The smallest absolute Gasteiger partial charge is 0.189 e. The van der Waals surface area contributed by atoms with Gasteiger partial charge >= 0.3 is 0 Å². The summed E-state index contributed by atoms with van der Waals surface area (Å²) >= 11 is 0. The van der Waals surface area contributed by atoms with Gasteiger partial charge in [0.05, 0.1) is 0 Å². The second kappa shape index (κ2) is 4.92. The maximum atomic E-state index is 13.0. The van der Waals surface area contributed by atoms with Gasteiger partial charge in [-0.1, -0.05) is 29.3 Å². The number of hydrogen-bond acceptors (Lipinski definition) is 1. The molecule has 2 aromatic carbocycles. The average Bonchev–Trinajstić information content (AvgIpc) is 3.01. The second-order valence-electron chi connectivity index (χ2n) is 7.18. The van der Waals surface area contributed by atoms with Gasteiger partial charge in [0.25, 0.3) is 0 Å². The maximum Gasteiger partial charge on any atom is 0.189 e. The third-order valence-corrected chi connectivity index (χ3v) is 5.42. The lowest BCUT2D eigenvalue weighted by Crippen LogP contribution is -1.99. The number of aryl methyl sites for hydroxylation is 4. The number of Topliss-reactive ketones (excluding diaryl/α,β-unsaturated/α-hetero) is 1. The first-order valence-electron chi connectivity index (χ1n) is 8.43. The number of hydrogen-bond donors (Lipinski definition) is 0. The molecule has 116 valence electrons. The quantitative estimate of drug-likeness (QED) is 0.622. The van der Waals surface area contributed by atoms with Crippen molar-refractivity contribution in [3.63, 3.8) is 0 Å². The van der Waals surface area contributed by atoms with E-state index in [1.807, 2.05) is 0 Å². The summed E-state index contributed by atoms with van der Waals surface area (Å²) in [4.78, 5) is 13.0. The molecule has 0 fully saturated rings. The fourth-order valence-electron chi connectivity index (χ4n) is 4.39. The first kappa shape index (κ1) is 14.4. The summed E-state index contributed by atoms with van der Waals surface area (Å²) in [6.07, 6.45) is 2.89. The number of allylic oxidation sites excluding steroid dienone is 2. The zero-order chi connectivity index (χ0) is 16.3. The Morgan fingerprint density at radius 2 is 1.30 bits per heavy atom. The zero-order valence-corrected chi connectivity index (χ0v) is 14.3. The standard InChI is InChI=1S/C22H22O/c1-12-7-14(3)16-5-6-17(19(16)9-12)21-11-18-15(4)8-13(2)10-20(18)22(21)23/h7-10H,5-6,11H2,1-4H3/b21-17+. The van der Waals surface area contributed by atoms with Crippen LogP contribution in [0.25, 0.3) is 5.57 Å². The van der Waals surface area contributed by atoms with Crippen LogP contribution in [0.2, 0.25) is 0 Å². The van der Waals surface area contributed by atoms with E-state index in [2.05, 4.69) is 52.0 Å². The van der Waals surface area contributed by atoms with E-state index in [9.17, 15) is 4.79 Å². The first-order chi connectivity index (χ1) is 11.0. The predicted molar refractivity (Wildman–Crippen MR) is 95.1 cm³/mol.